The van der Waals surface area contributed by atoms with E-state index in [0.29, 0.717) is 11.7 Å². The number of hydrogen-bond acceptors (Lipinski definition) is 3. The Hall–Kier alpha value is -1.14. The maximum Gasteiger partial charge on any atom is 0.469 e. The van der Waals surface area contributed by atoms with Crippen molar-refractivity contribution in [3.8, 4) is 0 Å². The van der Waals surface area contributed by atoms with Crippen LogP contribution in [0.25, 0.3) is 16.5 Å². The summed E-state index contributed by atoms with van der Waals surface area (Å²) in [6.07, 6.45) is 2.92. The van der Waals surface area contributed by atoms with Crippen molar-refractivity contribution >= 4 is 35.9 Å². The zero-order valence-electron chi connectivity index (χ0n) is 13.1. The van der Waals surface area contributed by atoms with Gasteiger partial charge in [-0.05, 0) is 36.2 Å². The van der Waals surface area contributed by atoms with E-state index in [9.17, 15) is 4.57 Å². The minimum absolute atomic E-state index is 0.00155. The molecule has 0 saturated heterocycles. The number of phosphoric acid groups is 1. The van der Waals surface area contributed by atoms with Crippen molar-refractivity contribution in [2.24, 2.45) is 5.92 Å². The minimum atomic E-state index is -4.45. The van der Waals surface area contributed by atoms with Gasteiger partial charge in [0.05, 0.1) is 6.61 Å². The summed E-state index contributed by atoms with van der Waals surface area (Å²) in [5, 5.41) is 1.84. The second-order valence-electron chi connectivity index (χ2n) is 6.47. The molecule has 0 unspecified atom stereocenters. The number of fused-ring (bicyclic) bond motifs is 2. The third kappa shape index (κ3) is 2.73. The molecule has 3 N–H and O–H groups in total. The number of aromatic nitrogens is 1. The van der Waals surface area contributed by atoms with Crippen molar-refractivity contribution in [1.82, 2.24) is 9.88 Å². The molecule has 0 spiro atoms. The maximum absolute atomic E-state index is 11.0. The SMILES string of the molecule is CN1C[C@H](COP(=O)(O)O)C=C2c3cccc4[nH]c(Cl)c(c34)C[C@H]21. The molecule has 1 aromatic heterocycles. The van der Waals surface area contributed by atoms with Crippen LogP contribution in [0.4, 0.5) is 0 Å². The number of phosphoric ester groups is 1. The molecule has 2 aliphatic rings. The highest BCUT2D eigenvalue weighted by Crippen LogP contribution is 2.44. The van der Waals surface area contributed by atoms with Crippen LogP contribution < -0.4 is 0 Å². The molecule has 4 rings (SSSR count). The minimum Gasteiger partial charge on any atom is -0.345 e. The molecule has 6 nitrogen and oxygen atoms in total. The molecule has 2 atom stereocenters. The van der Waals surface area contributed by atoms with Crippen molar-refractivity contribution in [2.45, 2.75) is 12.5 Å². The van der Waals surface area contributed by atoms with Gasteiger partial charge < -0.3 is 14.8 Å². The van der Waals surface area contributed by atoms with E-state index in [1.165, 1.54) is 5.57 Å². The van der Waals surface area contributed by atoms with Crippen LogP contribution >= 0.6 is 19.4 Å². The Morgan fingerprint density at radius 3 is 3.00 bits per heavy atom. The lowest BCUT2D eigenvalue weighted by atomic mass is 9.80. The fourth-order valence-corrected chi connectivity index (χ4v) is 4.55. The maximum atomic E-state index is 11.0. The summed E-state index contributed by atoms with van der Waals surface area (Å²) in [6, 6.07) is 6.29. The summed E-state index contributed by atoms with van der Waals surface area (Å²) in [6.45, 7) is 0.684. The average Bonchev–Trinajstić information content (AvgIpc) is 2.83. The number of nitrogens with one attached hydrogen (secondary N) is 1. The molecule has 1 aliphatic carbocycles. The van der Waals surface area contributed by atoms with Crippen molar-refractivity contribution in [2.75, 3.05) is 20.2 Å². The van der Waals surface area contributed by atoms with Crippen LogP contribution in [0.3, 0.4) is 0 Å². The van der Waals surface area contributed by atoms with E-state index in [1.54, 1.807) is 0 Å². The third-order valence-corrected chi connectivity index (χ3v) is 5.68. The first-order valence-electron chi connectivity index (χ1n) is 7.75. The quantitative estimate of drug-likeness (QED) is 0.725. The second kappa shape index (κ2) is 5.70. The van der Waals surface area contributed by atoms with Crippen LogP contribution in [0.1, 0.15) is 11.1 Å². The van der Waals surface area contributed by atoms with Gasteiger partial charge in [-0.3, -0.25) is 9.42 Å². The third-order valence-electron chi connectivity index (χ3n) is 4.87. The zero-order valence-corrected chi connectivity index (χ0v) is 14.7. The van der Waals surface area contributed by atoms with E-state index in [4.69, 9.17) is 25.9 Å². The number of benzene rings is 1. The standard InChI is InChI=1S/C16H18ClN2O4P/c1-19-7-9(8-23-24(20,21)22)5-11-10-3-2-4-13-15(10)12(6-14(11)19)16(17)18-13/h2-5,9,14,18H,6-8H2,1H3,(H2,20,21,22)/t9-,14-/m1/s1. The molecule has 128 valence electrons. The summed E-state index contributed by atoms with van der Waals surface area (Å²) in [7, 11) is -2.43. The van der Waals surface area contributed by atoms with Gasteiger partial charge in [0.15, 0.2) is 0 Å². The lowest BCUT2D eigenvalue weighted by Crippen LogP contribution is -2.43. The molecule has 0 fully saturated rings. The second-order valence-corrected chi connectivity index (χ2v) is 8.09. The van der Waals surface area contributed by atoms with Crippen molar-refractivity contribution in [1.29, 1.82) is 0 Å². The van der Waals surface area contributed by atoms with Gasteiger partial charge in [0.1, 0.15) is 5.15 Å². The van der Waals surface area contributed by atoms with Gasteiger partial charge in [-0.25, -0.2) is 4.57 Å². The van der Waals surface area contributed by atoms with E-state index >= 15 is 0 Å². The van der Waals surface area contributed by atoms with Gasteiger partial charge in [0, 0.05) is 29.4 Å². The summed E-state index contributed by atoms with van der Waals surface area (Å²) in [5.74, 6) is -0.0694. The smallest absolute Gasteiger partial charge is 0.345 e. The summed E-state index contributed by atoms with van der Waals surface area (Å²) in [5.41, 5.74) is 4.47. The van der Waals surface area contributed by atoms with E-state index < -0.39 is 7.82 Å². The molecule has 0 saturated carbocycles. The van der Waals surface area contributed by atoms with Crippen LogP contribution in [-0.2, 0) is 15.5 Å². The molecule has 8 heteroatoms. The Kier molecular flexibility index (Phi) is 3.88. The Balaban J connectivity index is 1.77. The van der Waals surface area contributed by atoms with E-state index in [2.05, 4.69) is 22.0 Å². The molecule has 24 heavy (non-hydrogen) atoms. The largest absolute Gasteiger partial charge is 0.469 e. The molecule has 2 aromatic rings. The number of aromatic amines is 1. The number of rotatable bonds is 3. The topological polar surface area (TPSA) is 85.8 Å². The first-order valence-corrected chi connectivity index (χ1v) is 9.66. The van der Waals surface area contributed by atoms with Crippen LogP contribution in [-0.4, -0.2) is 45.9 Å². The molecular weight excluding hydrogens is 351 g/mol. The first-order chi connectivity index (χ1) is 11.3. The number of hydrogen-bond donors (Lipinski definition) is 3. The molecule has 0 amide bonds. The highest BCUT2D eigenvalue weighted by atomic mass is 35.5. The summed E-state index contributed by atoms with van der Waals surface area (Å²) >= 11 is 6.38. The first kappa shape index (κ1) is 16.3. The van der Waals surface area contributed by atoms with E-state index in [0.717, 1.165) is 28.5 Å². The normalized spacial score (nSPS) is 24.1. The molecule has 1 aliphatic heterocycles. The van der Waals surface area contributed by atoms with Gasteiger partial charge in [0.2, 0.25) is 0 Å². The predicted octanol–water partition coefficient (Wildman–Crippen LogP) is 2.80. The monoisotopic (exact) mass is 368 g/mol. The number of H-pyrrole nitrogens is 1. The lowest BCUT2D eigenvalue weighted by Gasteiger charge is -2.39. The van der Waals surface area contributed by atoms with Gasteiger partial charge in [0.25, 0.3) is 0 Å². The highest BCUT2D eigenvalue weighted by molar-refractivity contribution is 7.46. The van der Waals surface area contributed by atoms with Gasteiger partial charge >= 0.3 is 7.82 Å². The summed E-state index contributed by atoms with van der Waals surface area (Å²) in [4.78, 5) is 23.3. The van der Waals surface area contributed by atoms with Gasteiger partial charge in [-0.1, -0.05) is 29.8 Å². The van der Waals surface area contributed by atoms with Crippen LogP contribution in [0.2, 0.25) is 5.15 Å². The van der Waals surface area contributed by atoms with Crippen molar-refractivity contribution in [3.05, 3.63) is 40.6 Å². The van der Waals surface area contributed by atoms with Gasteiger partial charge in [-0.15, -0.1) is 0 Å². The van der Waals surface area contributed by atoms with Crippen LogP contribution in [0.5, 0.6) is 0 Å². The number of halogens is 1. The fraction of sp³-hybridized carbons (Fsp3) is 0.375. The Bertz CT molecular complexity index is 888. The van der Waals surface area contributed by atoms with E-state index in [1.807, 2.05) is 19.2 Å². The molecular formula is C16H18ClN2O4P. The number of nitrogens with zero attached hydrogens (tertiary/aromatic N) is 1. The molecule has 2 heterocycles. The highest BCUT2D eigenvalue weighted by Gasteiger charge is 2.35. The van der Waals surface area contributed by atoms with Crippen molar-refractivity contribution in [3.63, 3.8) is 0 Å². The van der Waals surface area contributed by atoms with Crippen LogP contribution in [0, 0.1) is 5.92 Å². The predicted molar refractivity (Wildman–Crippen MR) is 92.9 cm³/mol. The van der Waals surface area contributed by atoms with Crippen LogP contribution in [0.15, 0.2) is 24.3 Å². The average molecular weight is 369 g/mol. The Labute approximate surface area is 144 Å². The van der Waals surface area contributed by atoms with Crippen molar-refractivity contribution < 1.29 is 18.9 Å². The molecule has 1 aromatic carbocycles. The molecule has 0 bridgehead atoms. The fourth-order valence-electron chi connectivity index (χ4n) is 3.89. The summed E-state index contributed by atoms with van der Waals surface area (Å²) < 4.78 is 15.7. The Morgan fingerprint density at radius 1 is 1.46 bits per heavy atom. The lowest BCUT2D eigenvalue weighted by molar-refractivity contribution is 0.152. The van der Waals surface area contributed by atoms with E-state index in [-0.39, 0.29) is 18.6 Å². The zero-order chi connectivity index (χ0) is 17.1. The Morgan fingerprint density at radius 2 is 2.25 bits per heavy atom. The molecule has 0 radical (unpaired) electrons. The number of likely N-dealkylation sites (N-methyl/N-ethyl adjacent to an activating group) is 1. The van der Waals surface area contributed by atoms with Gasteiger partial charge in [-0.2, -0.15) is 0 Å².